The number of piperidine rings is 1. The topological polar surface area (TPSA) is 26.7 Å². The standard InChI is InChI=1S/C27H29FN2O.2ClH/c28-22-6-10-24(11-7-22)30-17-14-21-19-25(31)12-13-26(21)27(30)18-20-4-8-23(9-5-20)29-15-2-1-3-16-29;;/h4-13,19,27,31H,1-3,14-18H2;2*1H. The maximum absolute atomic E-state index is 13.5. The Labute approximate surface area is 208 Å². The molecule has 1 N–H and O–H groups in total. The molecular formula is C27H31Cl2FN2O. The SMILES string of the molecule is Cl.Cl.Oc1ccc2c(c1)CCN(c1ccc(F)cc1)C2Cc1ccc(N2CCCCC2)cc1. The van der Waals surface area contributed by atoms with Crippen LogP contribution in [0.1, 0.15) is 42.0 Å². The van der Waals surface area contributed by atoms with Gasteiger partial charge in [-0.3, -0.25) is 0 Å². The van der Waals surface area contributed by atoms with Crippen LogP contribution in [0.4, 0.5) is 15.8 Å². The third kappa shape index (κ3) is 5.56. The van der Waals surface area contributed by atoms with Gasteiger partial charge >= 0.3 is 0 Å². The Morgan fingerprint density at radius 1 is 0.788 bits per heavy atom. The quantitative estimate of drug-likeness (QED) is 0.441. The maximum Gasteiger partial charge on any atom is 0.123 e. The Bertz CT molecular complexity index is 1040. The first-order valence-corrected chi connectivity index (χ1v) is 11.4. The molecule has 6 heteroatoms. The molecule has 176 valence electrons. The van der Waals surface area contributed by atoms with Crippen molar-refractivity contribution in [1.82, 2.24) is 0 Å². The summed E-state index contributed by atoms with van der Waals surface area (Å²) in [6.45, 7) is 3.15. The summed E-state index contributed by atoms with van der Waals surface area (Å²) in [6.07, 6.45) is 5.63. The van der Waals surface area contributed by atoms with E-state index in [0.717, 1.165) is 38.2 Å². The molecule has 2 aliphatic heterocycles. The molecule has 0 aliphatic carbocycles. The molecule has 2 heterocycles. The summed E-state index contributed by atoms with van der Waals surface area (Å²) in [5, 5.41) is 9.97. The van der Waals surface area contributed by atoms with Gasteiger partial charge < -0.3 is 14.9 Å². The highest BCUT2D eigenvalue weighted by atomic mass is 35.5. The second-order valence-electron chi connectivity index (χ2n) is 8.74. The molecule has 1 saturated heterocycles. The van der Waals surface area contributed by atoms with Crippen LogP contribution < -0.4 is 9.80 Å². The minimum absolute atomic E-state index is 0. The number of rotatable bonds is 4. The number of halogens is 3. The lowest BCUT2D eigenvalue weighted by molar-refractivity contribution is 0.472. The summed E-state index contributed by atoms with van der Waals surface area (Å²) in [6, 6.07) is 21.7. The Kier molecular flexibility index (Phi) is 8.50. The first-order chi connectivity index (χ1) is 15.2. The zero-order valence-electron chi connectivity index (χ0n) is 18.6. The Hall–Kier alpha value is -2.43. The number of fused-ring (bicyclic) bond motifs is 1. The maximum atomic E-state index is 13.5. The van der Waals surface area contributed by atoms with Crippen LogP contribution in [0, 0.1) is 5.82 Å². The van der Waals surface area contributed by atoms with Gasteiger partial charge in [0, 0.05) is 31.0 Å². The molecule has 0 saturated carbocycles. The molecular weight excluding hydrogens is 458 g/mol. The van der Waals surface area contributed by atoms with Crippen LogP contribution in [0.5, 0.6) is 5.75 Å². The average Bonchev–Trinajstić information content (AvgIpc) is 2.81. The number of hydrogen-bond acceptors (Lipinski definition) is 3. The molecule has 3 aromatic carbocycles. The lowest BCUT2D eigenvalue weighted by Gasteiger charge is -2.39. The highest BCUT2D eigenvalue weighted by molar-refractivity contribution is 5.85. The van der Waals surface area contributed by atoms with E-state index in [1.165, 1.54) is 53.8 Å². The van der Waals surface area contributed by atoms with Crippen LogP contribution in [0.3, 0.4) is 0 Å². The summed E-state index contributed by atoms with van der Waals surface area (Å²) in [4.78, 5) is 4.86. The molecule has 3 nitrogen and oxygen atoms in total. The van der Waals surface area contributed by atoms with E-state index in [9.17, 15) is 9.50 Å². The molecule has 5 rings (SSSR count). The van der Waals surface area contributed by atoms with E-state index in [2.05, 4.69) is 34.1 Å². The second-order valence-corrected chi connectivity index (χ2v) is 8.74. The van der Waals surface area contributed by atoms with Crippen molar-refractivity contribution in [2.45, 2.75) is 38.1 Å². The van der Waals surface area contributed by atoms with Crippen molar-refractivity contribution >= 4 is 36.2 Å². The van der Waals surface area contributed by atoms with Gasteiger partial charge in [-0.15, -0.1) is 24.8 Å². The Balaban J connectivity index is 0.00000153. The minimum atomic E-state index is -0.212. The van der Waals surface area contributed by atoms with Gasteiger partial charge in [-0.2, -0.15) is 0 Å². The number of benzene rings is 3. The molecule has 0 radical (unpaired) electrons. The minimum Gasteiger partial charge on any atom is -0.508 e. The average molecular weight is 489 g/mol. The Morgan fingerprint density at radius 3 is 2.15 bits per heavy atom. The summed E-state index contributed by atoms with van der Waals surface area (Å²) >= 11 is 0. The van der Waals surface area contributed by atoms with Gasteiger partial charge in [-0.05, 0) is 97.3 Å². The Morgan fingerprint density at radius 2 is 1.45 bits per heavy atom. The van der Waals surface area contributed by atoms with Crippen LogP contribution >= 0.6 is 24.8 Å². The summed E-state index contributed by atoms with van der Waals surface area (Å²) in [5.41, 5.74) is 6.09. The van der Waals surface area contributed by atoms with Crippen molar-refractivity contribution in [2.75, 3.05) is 29.4 Å². The predicted molar refractivity (Wildman–Crippen MR) is 139 cm³/mol. The van der Waals surface area contributed by atoms with E-state index in [0.29, 0.717) is 5.75 Å². The van der Waals surface area contributed by atoms with Crippen molar-refractivity contribution in [1.29, 1.82) is 0 Å². The number of hydrogen-bond donors (Lipinski definition) is 1. The molecule has 33 heavy (non-hydrogen) atoms. The molecule has 1 unspecified atom stereocenters. The molecule has 1 atom stereocenters. The van der Waals surface area contributed by atoms with Crippen LogP contribution in [0.15, 0.2) is 66.7 Å². The monoisotopic (exact) mass is 488 g/mol. The van der Waals surface area contributed by atoms with E-state index >= 15 is 0 Å². The highest BCUT2D eigenvalue weighted by Crippen LogP contribution is 2.37. The number of anilines is 2. The smallest absolute Gasteiger partial charge is 0.123 e. The first kappa shape index (κ1) is 25.2. The van der Waals surface area contributed by atoms with Gasteiger partial charge in [0.1, 0.15) is 11.6 Å². The van der Waals surface area contributed by atoms with Crippen LogP contribution in [0.25, 0.3) is 0 Å². The van der Waals surface area contributed by atoms with Gasteiger partial charge in [-0.25, -0.2) is 4.39 Å². The lowest BCUT2D eigenvalue weighted by atomic mass is 9.88. The van der Waals surface area contributed by atoms with Crippen LogP contribution in [-0.4, -0.2) is 24.7 Å². The second kappa shape index (κ2) is 11.1. The van der Waals surface area contributed by atoms with Crippen molar-refractivity contribution < 1.29 is 9.50 Å². The van der Waals surface area contributed by atoms with Crippen molar-refractivity contribution in [3.63, 3.8) is 0 Å². The summed E-state index contributed by atoms with van der Waals surface area (Å²) in [5.74, 6) is 0.106. The summed E-state index contributed by atoms with van der Waals surface area (Å²) < 4.78 is 13.5. The van der Waals surface area contributed by atoms with Gasteiger partial charge in [0.05, 0.1) is 6.04 Å². The normalized spacial score (nSPS) is 17.5. The third-order valence-electron chi connectivity index (χ3n) is 6.73. The van der Waals surface area contributed by atoms with E-state index in [1.54, 1.807) is 6.07 Å². The highest BCUT2D eigenvalue weighted by Gasteiger charge is 2.28. The summed E-state index contributed by atoms with van der Waals surface area (Å²) in [7, 11) is 0. The molecule has 3 aromatic rings. The molecule has 0 spiro atoms. The van der Waals surface area contributed by atoms with Crippen molar-refractivity contribution in [3.8, 4) is 5.75 Å². The fourth-order valence-electron chi connectivity index (χ4n) is 5.08. The predicted octanol–water partition coefficient (Wildman–Crippen LogP) is 6.71. The number of nitrogens with zero attached hydrogens (tertiary/aromatic N) is 2. The first-order valence-electron chi connectivity index (χ1n) is 11.4. The molecule has 1 fully saturated rings. The number of aromatic hydroxyl groups is 1. The number of phenols is 1. The number of phenolic OH excluding ortho intramolecular Hbond substituents is 1. The van der Waals surface area contributed by atoms with E-state index < -0.39 is 0 Å². The van der Waals surface area contributed by atoms with Crippen molar-refractivity contribution in [2.24, 2.45) is 0 Å². The van der Waals surface area contributed by atoms with Gasteiger partial charge in [0.15, 0.2) is 0 Å². The fraction of sp³-hybridized carbons (Fsp3) is 0.333. The largest absolute Gasteiger partial charge is 0.508 e. The molecule has 0 aromatic heterocycles. The zero-order chi connectivity index (χ0) is 21.2. The zero-order valence-corrected chi connectivity index (χ0v) is 20.3. The van der Waals surface area contributed by atoms with E-state index in [4.69, 9.17) is 0 Å². The van der Waals surface area contributed by atoms with Crippen molar-refractivity contribution in [3.05, 3.63) is 89.2 Å². The van der Waals surface area contributed by atoms with Gasteiger partial charge in [0.2, 0.25) is 0 Å². The van der Waals surface area contributed by atoms with E-state index in [1.807, 2.05) is 24.3 Å². The molecule has 2 aliphatic rings. The third-order valence-corrected chi connectivity index (χ3v) is 6.73. The lowest BCUT2D eigenvalue weighted by Crippen LogP contribution is -2.36. The molecule has 0 amide bonds. The van der Waals surface area contributed by atoms with E-state index in [-0.39, 0.29) is 36.7 Å². The molecule has 0 bridgehead atoms. The van der Waals surface area contributed by atoms with Gasteiger partial charge in [-0.1, -0.05) is 18.2 Å². The van der Waals surface area contributed by atoms with Crippen LogP contribution in [-0.2, 0) is 12.8 Å². The van der Waals surface area contributed by atoms with Crippen LogP contribution in [0.2, 0.25) is 0 Å². The van der Waals surface area contributed by atoms with Gasteiger partial charge in [0.25, 0.3) is 0 Å². The fourth-order valence-corrected chi connectivity index (χ4v) is 5.08.